The second-order valence-corrected chi connectivity index (χ2v) is 6.03. The van der Waals surface area contributed by atoms with E-state index in [9.17, 15) is 14.9 Å². The lowest BCUT2D eigenvalue weighted by molar-refractivity contribution is -0.384. The molecule has 0 spiro atoms. The Morgan fingerprint density at radius 2 is 1.74 bits per heavy atom. The first-order valence-corrected chi connectivity index (χ1v) is 8.43. The highest BCUT2D eigenvalue weighted by atomic mass is 35.5. The van der Waals surface area contributed by atoms with Crippen molar-refractivity contribution in [3.63, 3.8) is 0 Å². The zero-order valence-electron chi connectivity index (χ0n) is 14.1. The van der Waals surface area contributed by atoms with Crippen LogP contribution in [0.2, 0.25) is 5.02 Å². The molecule has 3 aromatic carbocycles. The lowest BCUT2D eigenvalue weighted by Gasteiger charge is -2.12. The minimum absolute atomic E-state index is 0.00559. The van der Waals surface area contributed by atoms with Gasteiger partial charge in [-0.15, -0.1) is 0 Å². The van der Waals surface area contributed by atoms with Crippen LogP contribution in [0.15, 0.2) is 72.8 Å². The largest absolute Gasteiger partial charge is 0.483 e. The smallest absolute Gasteiger partial charge is 0.289 e. The molecule has 0 aliphatic rings. The third kappa shape index (κ3) is 4.62. The second-order valence-electron chi connectivity index (χ2n) is 5.62. The molecule has 0 aliphatic heterocycles. The maximum atomic E-state index is 12.2. The van der Waals surface area contributed by atoms with E-state index in [2.05, 4.69) is 5.32 Å². The summed E-state index contributed by atoms with van der Waals surface area (Å²) in [5, 5.41) is 13.5. The van der Waals surface area contributed by atoms with Crippen LogP contribution in [0.1, 0.15) is 0 Å². The summed E-state index contributed by atoms with van der Waals surface area (Å²) < 4.78 is 5.65. The van der Waals surface area contributed by atoms with Gasteiger partial charge in [0, 0.05) is 17.3 Å². The van der Waals surface area contributed by atoms with Crippen LogP contribution in [0, 0.1) is 10.1 Å². The van der Waals surface area contributed by atoms with Gasteiger partial charge in [0.25, 0.3) is 11.6 Å². The number of nitro benzene ring substituents is 1. The fourth-order valence-electron chi connectivity index (χ4n) is 2.52. The minimum atomic E-state index is -0.607. The first-order chi connectivity index (χ1) is 13.0. The molecule has 1 N–H and O–H groups in total. The van der Waals surface area contributed by atoms with E-state index in [0.29, 0.717) is 5.75 Å². The van der Waals surface area contributed by atoms with Gasteiger partial charge in [-0.05, 0) is 23.8 Å². The van der Waals surface area contributed by atoms with E-state index in [1.807, 2.05) is 48.5 Å². The zero-order chi connectivity index (χ0) is 19.2. The van der Waals surface area contributed by atoms with Crippen LogP contribution in [0.4, 0.5) is 11.4 Å². The molecule has 0 bridgehead atoms. The van der Waals surface area contributed by atoms with Crippen molar-refractivity contribution in [2.75, 3.05) is 11.9 Å². The number of hydrogen-bond donors (Lipinski definition) is 1. The molecule has 0 saturated carbocycles. The molecule has 0 saturated heterocycles. The van der Waals surface area contributed by atoms with Gasteiger partial charge in [-0.25, -0.2) is 0 Å². The van der Waals surface area contributed by atoms with Crippen LogP contribution in [0.25, 0.3) is 11.1 Å². The quantitative estimate of drug-likeness (QED) is 0.484. The van der Waals surface area contributed by atoms with E-state index < -0.39 is 10.8 Å². The van der Waals surface area contributed by atoms with Crippen LogP contribution in [-0.4, -0.2) is 17.4 Å². The van der Waals surface area contributed by atoms with E-state index in [-0.39, 0.29) is 23.0 Å². The number of benzene rings is 3. The van der Waals surface area contributed by atoms with Gasteiger partial charge in [-0.1, -0.05) is 60.1 Å². The van der Waals surface area contributed by atoms with Gasteiger partial charge in [0.2, 0.25) is 0 Å². The molecule has 136 valence electrons. The topological polar surface area (TPSA) is 81.5 Å². The number of nitrogens with one attached hydrogen (secondary N) is 1. The number of para-hydroxylation sites is 1. The number of rotatable bonds is 6. The van der Waals surface area contributed by atoms with Gasteiger partial charge in [-0.3, -0.25) is 14.9 Å². The Kier molecular flexibility index (Phi) is 5.68. The Bertz CT molecular complexity index is 977. The maximum absolute atomic E-state index is 12.2. The van der Waals surface area contributed by atoms with Crippen LogP contribution in [0.5, 0.6) is 5.75 Å². The molecule has 0 unspecified atom stereocenters. The molecular formula is C20H15ClN2O4. The molecule has 6 nitrogen and oxygen atoms in total. The molecule has 0 atom stereocenters. The summed E-state index contributed by atoms with van der Waals surface area (Å²) in [5.41, 5.74) is 1.84. The molecule has 3 aromatic rings. The molecule has 1 amide bonds. The van der Waals surface area contributed by atoms with E-state index in [1.54, 1.807) is 6.07 Å². The summed E-state index contributed by atoms with van der Waals surface area (Å²) in [5.74, 6) is 0.135. The van der Waals surface area contributed by atoms with E-state index in [4.69, 9.17) is 16.3 Å². The van der Waals surface area contributed by atoms with Gasteiger partial charge in [0.15, 0.2) is 6.61 Å². The van der Waals surface area contributed by atoms with Crippen molar-refractivity contribution in [3.05, 3.63) is 87.9 Å². The van der Waals surface area contributed by atoms with Gasteiger partial charge >= 0.3 is 0 Å². The summed E-state index contributed by atoms with van der Waals surface area (Å²) in [4.78, 5) is 22.5. The van der Waals surface area contributed by atoms with Crippen molar-refractivity contribution in [1.82, 2.24) is 0 Å². The molecule has 0 radical (unpaired) electrons. The fourth-order valence-corrected chi connectivity index (χ4v) is 2.71. The maximum Gasteiger partial charge on any atom is 0.289 e. The molecule has 0 aliphatic carbocycles. The van der Waals surface area contributed by atoms with Crippen LogP contribution >= 0.6 is 11.6 Å². The summed E-state index contributed by atoms with van der Waals surface area (Å²) in [7, 11) is 0. The lowest BCUT2D eigenvalue weighted by Crippen LogP contribution is -2.20. The van der Waals surface area contributed by atoms with E-state index in [1.165, 1.54) is 18.2 Å². The highest BCUT2D eigenvalue weighted by Gasteiger charge is 2.14. The summed E-state index contributed by atoms with van der Waals surface area (Å²) in [6.45, 7) is -0.236. The first-order valence-electron chi connectivity index (χ1n) is 8.05. The number of carbonyl (C=O) groups is 1. The number of nitrogens with zero attached hydrogens (tertiary/aromatic N) is 1. The van der Waals surface area contributed by atoms with Crippen molar-refractivity contribution in [2.45, 2.75) is 0 Å². The first kappa shape index (κ1) is 18.4. The van der Waals surface area contributed by atoms with Crippen LogP contribution < -0.4 is 10.1 Å². The van der Waals surface area contributed by atoms with Gasteiger partial charge in [-0.2, -0.15) is 0 Å². The molecule has 27 heavy (non-hydrogen) atoms. The molecule has 0 aromatic heterocycles. The van der Waals surface area contributed by atoms with Crippen LogP contribution in [0.3, 0.4) is 0 Å². The number of nitro groups is 1. The third-order valence-corrected chi connectivity index (χ3v) is 4.08. The standard InChI is InChI=1S/C20H15ClN2O4/c21-17-11-10-15(12-18(17)23(25)26)22-20(24)13-27-19-9-5-4-8-16(19)14-6-2-1-3-7-14/h1-12H,13H2,(H,22,24). The van der Waals surface area contributed by atoms with Crippen molar-refractivity contribution < 1.29 is 14.5 Å². The Hall–Kier alpha value is -3.38. The predicted molar refractivity (Wildman–Crippen MR) is 104 cm³/mol. The normalized spacial score (nSPS) is 10.3. The Morgan fingerprint density at radius 1 is 1.04 bits per heavy atom. The average Bonchev–Trinajstić information content (AvgIpc) is 2.68. The van der Waals surface area contributed by atoms with Crippen molar-refractivity contribution >= 4 is 28.9 Å². The third-order valence-electron chi connectivity index (χ3n) is 3.76. The number of anilines is 1. The van der Waals surface area contributed by atoms with E-state index in [0.717, 1.165) is 11.1 Å². The summed E-state index contributed by atoms with van der Waals surface area (Å²) >= 11 is 5.77. The lowest BCUT2D eigenvalue weighted by atomic mass is 10.1. The Morgan fingerprint density at radius 3 is 2.48 bits per heavy atom. The predicted octanol–water partition coefficient (Wildman–Crippen LogP) is 4.93. The number of ether oxygens (including phenoxy) is 1. The SMILES string of the molecule is O=C(COc1ccccc1-c1ccccc1)Nc1ccc(Cl)c([N+](=O)[O-])c1. The highest BCUT2D eigenvalue weighted by molar-refractivity contribution is 6.32. The number of amides is 1. The fraction of sp³-hybridized carbons (Fsp3) is 0.0500. The highest BCUT2D eigenvalue weighted by Crippen LogP contribution is 2.30. The zero-order valence-corrected chi connectivity index (χ0v) is 14.8. The Labute approximate surface area is 160 Å². The van der Waals surface area contributed by atoms with Crippen molar-refractivity contribution in [3.8, 4) is 16.9 Å². The van der Waals surface area contributed by atoms with Gasteiger partial charge < -0.3 is 10.1 Å². The van der Waals surface area contributed by atoms with Gasteiger partial charge in [0.05, 0.1) is 4.92 Å². The monoisotopic (exact) mass is 382 g/mol. The molecule has 3 rings (SSSR count). The average molecular weight is 383 g/mol. The van der Waals surface area contributed by atoms with Crippen LogP contribution in [-0.2, 0) is 4.79 Å². The summed E-state index contributed by atoms with van der Waals surface area (Å²) in [6.07, 6.45) is 0. The second kappa shape index (κ2) is 8.33. The number of carbonyl (C=O) groups excluding carboxylic acids is 1. The number of halogens is 1. The summed E-state index contributed by atoms with van der Waals surface area (Å²) in [6, 6.07) is 21.1. The number of hydrogen-bond acceptors (Lipinski definition) is 4. The Balaban J connectivity index is 1.69. The van der Waals surface area contributed by atoms with Gasteiger partial charge in [0.1, 0.15) is 10.8 Å². The molecule has 0 fully saturated rings. The van der Waals surface area contributed by atoms with Crippen molar-refractivity contribution in [1.29, 1.82) is 0 Å². The molecular weight excluding hydrogens is 368 g/mol. The minimum Gasteiger partial charge on any atom is -0.483 e. The van der Waals surface area contributed by atoms with Crippen molar-refractivity contribution in [2.24, 2.45) is 0 Å². The molecule has 0 heterocycles. The molecule has 7 heteroatoms. The van der Waals surface area contributed by atoms with E-state index >= 15 is 0 Å².